The Balaban J connectivity index is 0.00000200. The molecule has 0 aromatic rings. The maximum absolute atomic E-state index is 4.64. The Morgan fingerprint density at radius 3 is 0.762 bits per heavy atom. The summed E-state index contributed by atoms with van der Waals surface area (Å²) in [4.78, 5) is 0. The average Bonchev–Trinajstić information content (AvgIpc) is 2.35. The van der Waals surface area contributed by atoms with Crippen molar-refractivity contribution < 1.29 is 65.4 Å². The Hall–Kier alpha value is 2.21. The number of hydrogen-bond acceptors (Lipinski definition) is 0. The monoisotopic (exact) mass is 440 g/mol. The van der Waals surface area contributed by atoms with E-state index in [1.54, 1.807) is 0 Å². The smallest absolute Gasteiger partial charge is 0 e. The molecule has 0 aromatic heterocycles. The molecule has 3 fully saturated rings. The summed E-state index contributed by atoms with van der Waals surface area (Å²) in [6.07, 6.45) is 20.9. The van der Waals surface area contributed by atoms with Gasteiger partial charge in [-0.1, -0.05) is 96.3 Å². The second-order valence-electron chi connectivity index (χ2n) is 7.68. The Morgan fingerprint density at radius 2 is 0.571 bits per heavy atom. The molecule has 3 aliphatic rings. The fourth-order valence-corrected chi connectivity index (χ4v) is 4.28. The van der Waals surface area contributed by atoms with Crippen molar-refractivity contribution in [1.82, 2.24) is 0 Å². The van der Waals surface area contributed by atoms with Crippen molar-refractivity contribution >= 4 is 0 Å². The van der Waals surface area contributed by atoms with E-state index >= 15 is 0 Å². The minimum Gasteiger partial charge on any atom is -0.337 e. The quantitative estimate of drug-likeness (QED) is 0.377. The summed E-state index contributed by atoms with van der Waals surface area (Å²) < 4.78 is 0. The molecule has 3 saturated carbocycles. The molecule has 0 N–H and O–H groups in total. The van der Waals surface area contributed by atoms with Crippen LogP contribution in [0, 0.1) is 24.7 Å². The van der Waals surface area contributed by atoms with Gasteiger partial charge in [-0.2, -0.15) is 10.8 Å². The first kappa shape index (κ1) is 23.2. The van der Waals surface area contributed by atoms with Gasteiger partial charge >= 0.3 is 0 Å². The van der Waals surface area contributed by atoms with E-state index in [0.717, 1.165) is 0 Å². The van der Waals surface area contributed by atoms with Crippen LogP contribution >= 0.6 is 0 Å². The SMILES string of the molecule is [CH2-]C12CCCCCC([CH2-])(CCCCC1)CCCCC2.[Y].[Y]. The molecule has 0 aromatic carbocycles. The molecular weight excluding hydrogens is 406 g/mol. The summed E-state index contributed by atoms with van der Waals surface area (Å²) in [6, 6.07) is 0. The van der Waals surface area contributed by atoms with Gasteiger partial charge in [-0.25, -0.2) is 0 Å². The van der Waals surface area contributed by atoms with Crippen LogP contribution in [0.5, 0.6) is 0 Å². The Bertz CT molecular complexity index is 199. The molecule has 0 saturated heterocycles. The molecule has 0 aliphatic heterocycles. The summed E-state index contributed by atoms with van der Waals surface area (Å²) in [5.74, 6) is 0. The van der Waals surface area contributed by atoms with Crippen molar-refractivity contribution in [3.8, 4) is 0 Å². The van der Waals surface area contributed by atoms with Crippen molar-refractivity contribution in [3.05, 3.63) is 13.8 Å². The first-order valence-corrected chi connectivity index (χ1v) is 8.83. The second kappa shape index (κ2) is 11.7. The molecule has 118 valence electrons. The maximum Gasteiger partial charge on any atom is 0 e. The van der Waals surface area contributed by atoms with Gasteiger partial charge in [0.2, 0.25) is 0 Å². The fourth-order valence-electron chi connectivity index (χ4n) is 4.28. The molecule has 3 rings (SSSR count). The van der Waals surface area contributed by atoms with Crippen molar-refractivity contribution in [3.63, 3.8) is 0 Å². The Kier molecular flexibility index (Phi) is 12.9. The third-order valence-corrected chi connectivity index (χ3v) is 5.74. The molecular formula is C19H34Y2-2. The minimum atomic E-state index is 0. The van der Waals surface area contributed by atoms with Gasteiger partial charge in [-0.15, -0.1) is 0 Å². The van der Waals surface area contributed by atoms with Crippen LogP contribution in [0.3, 0.4) is 0 Å². The molecule has 3 aliphatic carbocycles. The number of fused-ring (bicyclic) bond motifs is 12. The molecule has 21 heavy (non-hydrogen) atoms. The van der Waals surface area contributed by atoms with Crippen LogP contribution in [0.25, 0.3) is 0 Å². The van der Waals surface area contributed by atoms with Gasteiger partial charge < -0.3 is 13.8 Å². The maximum atomic E-state index is 4.64. The van der Waals surface area contributed by atoms with Gasteiger partial charge in [0.25, 0.3) is 0 Å². The largest absolute Gasteiger partial charge is 0.337 e. The van der Waals surface area contributed by atoms with E-state index in [1.807, 2.05) is 0 Å². The third kappa shape index (κ3) is 8.74. The Labute approximate surface area is 184 Å². The van der Waals surface area contributed by atoms with Crippen LogP contribution in [0.4, 0.5) is 0 Å². The van der Waals surface area contributed by atoms with Crippen molar-refractivity contribution in [2.45, 2.75) is 96.3 Å². The predicted octanol–water partition coefficient (Wildman–Crippen LogP) is 6.50. The summed E-state index contributed by atoms with van der Waals surface area (Å²) in [6.45, 7) is 9.29. The van der Waals surface area contributed by atoms with E-state index in [9.17, 15) is 0 Å². The second-order valence-corrected chi connectivity index (χ2v) is 7.68. The molecule has 0 unspecified atom stereocenters. The molecule has 2 bridgehead atoms. The Morgan fingerprint density at radius 1 is 0.381 bits per heavy atom. The average molecular weight is 440 g/mol. The van der Waals surface area contributed by atoms with E-state index in [0.29, 0.717) is 10.8 Å². The van der Waals surface area contributed by atoms with E-state index < -0.39 is 0 Å². The first-order valence-electron chi connectivity index (χ1n) is 8.83. The van der Waals surface area contributed by atoms with Crippen LogP contribution in [-0.4, -0.2) is 0 Å². The van der Waals surface area contributed by atoms with E-state index in [2.05, 4.69) is 13.8 Å². The standard InChI is InChI=1S/C19H34.2Y/c1-18-12-6-3-9-15-19(2,16-10-4-7-13-18)17-11-5-8-14-18;;/h1-17H2;;/q-2;;. The van der Waals surface area contributed by atoms with E-state index in [4.69, 9.17) is 0 Å². The molecule has 0 amide bonds. The van der Waals surface area contributed by atoms with Gasteiger partial charge in [-0.05, 0) is 0 Å². The van der Waals surface area contributed by atoms with E-state index in [-0.39, 0.29) is 65.4 Å². The van der Waals surface area contributed by atoms with E-state index in [1.165, 1.54) is 96.3 Å². The predicted molar refractivity (Wildman–Crippen MR) is 84.8 cm³/mol. The first-order chi connectivity index (χ1) is 9.12. The van der Waals surface area contributed by atoms with Gasteiger partial charge in [0.1, 0.15) is 0 Å². The van der Waals surface area contributed by atoms with Crippen LogP contribution < -0.4 is 0 Å². The zero-order chi connectivity index (χ0) is 13.6. The zero-order valence-corrected chi connectivity index (χ0v) is 19.9. The van der Waals surface area contributed by atoms with Crippen molar-refractivity contribution in [2.24, 2.45) is 10.8 Å². The van der Waals surface area contributed by atoms with Gasteiger partial charge in [0.15, 0.2) is 0 Å². The molecule has 0 atom stereocenters. The molecule has 2 radical (unpaired) electrons. The number of hydrogen-bond donors (Lipinski definition) is 0. The molecule has 0 nitrogen and oxygen atoms in total. The molecule has 0 spiro atoms. The molecule has 0 heterocycles. The summed E-state index contributed by atoms with van der Waals surface area (Å²) in [5.41, 5.74) is 0.833. The van der Waals surface area contributed by atoms with Gasteiger partial charge in [0, 0.05) is 65.4 Å². The van der Waals surface area contributed by atoms with Crippen LogP contribution in [0.1, 0.15) is 96.3 Å². The van der Waals surface area contributed by atoms with Crippen molar-refractivity contribution in [1.29, 1.82) is 0 Å². The van der Waals surface area contributed by atoms with Crippen LogP contribution in [-0.2, 0) is 65.4 Å². The van der Waals surface area contributed by atoms with Gasteiger partial charge in [0.05, 0.1) is 0 Å². The number of rotatable bonds is 0. The topological polar surface area (TPSA) is 0 Å². The fraction of sp³-hybridized carbons (Fsp3) is 0.895. The normalized spacial score (nSPS) is 35.7. The van der Waals surface area contributed by atoms with Crippen LogP contribution in [0.15, 0.2) is 0 Å². The minimum absolute atomic E-state index is 0. The summed E-state index contributed by atoms with van der Waals surface area (Å²) in [5, 5.41) is 0. The van der Waals surface area contributed by atoms with Crippen molar-refractivity contribution in [2.75, 3.05) is 0 Å². The van der Waals surface area contributed by atoms with Gasteiger partial charge in [-0.3, -0.25) is 0 Å². The third-order valence-electron chi connectivity index (χ3n) is 5.74. The summed E-state index contributed by atoms with van der Waals surface area (Å²) >= 11 is 0. The molecule has 2 heteroatoms. The summed E-state index contributed by atoms with van der Waals surface area (Å²) in [7, 11) is 0. The van der Waals surface area contributed by atoms with Crippen LogP contribution in [0.2, 0.25) is 0 Å². The zero-order valence-electron chi connectivity index (χ0n) is 14.2.